The molecule has 0 saturated carbocycles. The smallest absolute Gasteiger partial charge is 0.224 e. The number of anilines is 3. The number of pyridine rings is 1. The van der Waals surface area contributed by atoms with E-state index in [2.05, 4.69) is 15.6 Å². The van der Waals surface area contributed by atoms with Gasteiger partial charge in [-0.05, 0) is 42.3 Å². The quantitative estimate of drug-likeness (QED) is 0.653. The average Bonchev–Trinajstić information content (AvgIpc) is 2.63. The van der Waals surface area contributed by atoms with Crippen molar-refractivity contribution in [3.05, 3.63) is 83.5 Å². The number of hydrogen-bond donors (Lipinski definition) is 2. The van der Waals surface area contributed by atoms with Gasteiger partial charge in [-0.15, -0.1) is 0 Å². The van der Waals surface area contributed by atoms with E-state index in [9.17, 15) is 4.79 Å². The van der Waals surface area contributed by atoms with Crippen LogP contribution in [0.5, 0.6) is 0 Å². The minimum Gasteiger partial charge on any atom is -0.340 e. The molecule has 1 heterocycles. The minimum atomic E-state index is -0.0267. The zero-order chi connectivity index (χ0) is 17.5. The Morgan fingerprint density at radius 3 is 2.52 bits per heavy atom. The highest BCUT2D eigenvalue weighted by molar-refractivity contribution is 6.30. The first kappa shape index (κ1) is 17.0. The molecule has 25 heavy (non-hydrogen) atoms. The number of carbonyl (C=O) groups is 1. The average molecular weight is 352 g/mol. The molecule has 1 amide bonds. The fraction of sp³-hybridized carbons (Fsp3) is 0.100. The van der Waals surface area contributed by atoms with Crippen LogP contribution in [0.4, 0.5) is 17.2 Å². The second-order valence-electron chi connectivity index (χ2n) is 5.60. The lowest BCUT2D eigenvalue weighted by atomic mass is 10.1. The van der Waals surface area contributed by atoms with Crippen molar-refractivity contribution >= 4 is 34.7 Å². The van der Waals surface area contributed by atoms with E-state index in [1.165, 1.54) is 0 Å². The number of aromatic nitrogens is 1. The summed E-state index contributed by atoms with van der Waals surface area (Å²) in [6.07, 6.45) is 2.79. The summed E-state index contributed by atoms with van der Waals surface area (Å²) < 4.78 is 0. The zero-order valence-electron chi connectivity index (χ0n) is 13.6. The maximum Gasteiger partial charge on any atom is 0.224 e. The minimum absolute atomic E-state index is 0.0267. The van der Waals surface area contributed by atoms with Crippen molar-refractivity contribution in [1.82, 2.24) is 4.98 Å². The lowest BCUT2D eigenvalue weighted by Crippen LogP contribution is -2.12. The van der Waals surface area contributed by atoms with E-state index < -0.39 is 0 Å². The van der Waals surface area contributed by atoms with Gasteiger partial charge in [-0.2, -0.15) is 0 Å². The number of rotatable bonds is 6. The molecule has 0 radical (unpaired) electrons. The molecule has 3 rings (SSSR count). The highest BCUT2D eigenvalue weighted by Gasteiger charge is 2.04. The van der Waals surface area contributed by atoms with Gasteiger partial charge in [0.05, 0.1) is 11.9 Å². The molecule has 0 unspecified atom stereocenters. The number of halogens is 1. The SMILES string of the molecule is O=C(CCc1ccccc1)Nc1ccc(Nc2cccc(Cl)c2)nc1. The Morgan fingerprint density at radius 1 is 0.960 bits per heavy atom. The second-order valence-corrected chi connectivity index (χ2v) is 6.04. The molecule has 2 N–H and O–H groups in total. The summed E-state index contributed by atoms with van der Waals surface area (Å²) in [6.45, 7) is 0. The largest absolute Gasteiger partial charge is 0.340 e. The number of hydrogen-bond acceptors (Lipinski definition) is 3. The molecule has 0 bridgehead atoms. The third-order valence-corrected chi connectivity index (χ3v) is 3.86. The molecule has 0 fully saturated rings. The number of carbonyl (C=O) groups excluding carboxylic acids is 1. The standard InChI is InChI=1S/C20H18ClN3O/c21-16-7-4-8-17(13-16)23-19-11-10-18(14-22-19)24-20(25)12-9-15-5-2-1-3-6-15/h1-8,10-11,13-14H,9,12H2,(H,22,23)(H,24,25). The molecule has 0 aliphatic rings. The number of nitrogens with zero attached hydrogens (tertiary/aromatic N) is 1. The summed E-state index contributed by atoms with van der Waals surface area (Å²) in [5.41, 5.74) is 2.69. The first-order chi connectivity index (χ1) is 12.2. The van der Waals surface area contributed by atoms with Crippen molar-refractivity contribution in [2.45, 2.75) is 12.8 Å². The molecule has 0 aliphatic carbocycles. The molecule has 2 aromatic carbocycles. The number of aryl methyl sites for hydroxylation is 1. The second kappa shape index (κ2) is 8.31. The maximum absolute atomic E-state index is 12.0. The van der Waals surface area contributed by atoms with Gasteiger partial charge in [-0.1, -0.05) is 48.0 Å². The highest BCUT2D eigenvalue weighted by Crippen LogP contribution is 2.19. The zero-order valence-corrected chi connectivity index (χ0v) is 14.3. The first-order valence-corrected chi connectivity index (χ1v) is 8.39. The van der Waals surface area contributed by atoms with Gasteiger partial charge in [0, 0.05) is 17.1 Å². The van der Waals surface area contributed by atoms with Crippen molar-refractivity contribution in [3.63, 3.8) is 0 Å². The summed E-state index contributed by atoms with van der Waals surface area (Å²) in [5.74, 6) is 0.658. The van der Waals surface area contributed by atoms with Crippen molar-refractivity contribution in [2.75, 3.05) is 10.6 Å². The van der Waals surface area contributed by atoms with Crippen LogP contribution in [0.15, 0.2) is 72.9 Å². The Bertz CT molecular complexity index is 835. The molecule has 1 aromatic heterocycles. The molecule has 126 valence electrons. The van der Waals surface area contributed by atoms with Gasteiger partial charge in [0.2, 0.25) is 5.91 Å². The van der Waals surface area contributed by atoms with E-state index in [4.69, 9.17) is 11.6 Å². The fourth-order valence-corrected chi connectivity index (χ4v) is 2.57. The van der Waals surface area contributed by atoms with Crippen LogP contribution in [0.3, 0.4) is 0 Å². The number of nitrogens with one attached hydrogen (secondary N) is 2. The van der Waals surface area contributed by atoms with Crippen molar-refractivity contribution in [2.24, 2.45) is 0 Å². The Labute approximate surface area is 151 Å². The fourth-order valence-electron chi connectivity index (χ4n) is 2.38. The van der Waals surface area contributed by atoms with Gasteiger partial charge >= 0.3 is 0 Å². The van der Waals surface area contributed by atoms with E-state index >= 15 is 0 Å². The van der Waals surface area contributed by atoms with Gasteiger partial charge in [-0.3, -0.25) is 4.79 Å². The van der Waals surface area contributed by atoms with Gasteiger partial charge in [0.25, 0.3) is 0 Å². The normalized spacial score (nSPS) is 10.3. The van der Waals surface area contributed by atoms with Crippen molar-refractivity contribution < 1.29 is 4.79 Å². The third-order valence-electron chi connectivity index (χ3n) is 3.63. The summed E-state index contributed by atoms with van der Waals surface area (Å²) in [4.78, 5) is 16.3. The van der Waals surface area contributed by atoms with Crippen LogP contribution in [0, 0.1) is 0 Å². The number of amides is 1. The maximum atomic E-state index is 12.0. The highest BCUT2D eigenvalue weighted by atomic mass is 35.5. The van der Waals surface area contributed by atoms with Crippen LogP contribution >= 0.6 is 11.6 Å². The summed E-state index contributed by atoms with van der Waals surface area (Å²) in [7, 11) is 0. The lowest BCUT2D eigenvalue weighted by Gasteiger charge is -2.08. The van der Waals surface area contributed by atoms with Gasteiger partial charge in [-0.25, -0.2) is 4.98 Å². The predicted molar refractivity (Wildman–Crippen MR) is 102 cm³/mol. The molecular formula is C20H18ClN3O. The molecule has 4 nitrogen and oxygen atoms in total. The van der Waals surface area contributed by atoms with Crippen LogP contribution in [-0.4, -0.2) is 10.9 Å². The topological polar surface area (TPSA) is 54.0 Å². The van der Waals surface area contributed by atoms with Crippen LogP contribution in [0.2, 0.25) is 5.02 Å². The van der Waals surface area contributed by atoms with Gasteiger partial charge < -0.3 is 10.6 Å². The molecule has 0 atom stereocenters. The summed E-state index contributed by atoms with van der Waals surface area (Å²) in [6, 6.07) is 21.0. The molecule has 3 aromatic rings. The van der Waals surface area contributed by atoms with Gasteiger partial charge in [0.1, 0.15) is 5.82 Å². The first-order valence-electron chi connectivity index (χ1n) is 8.01. The molecule has 0 spiro atoms. The van der Waals surface area contributed by atoms with Crippen LogP contribution in [0.1, 0.15) is 12.0 Å². The Hall–Kier alpha value is -2.85. The molecule has 5 heteroatoms. The molecule has 0 saturated heterocycles. The summed E-state index contributed by atoms with van der Waals surface area (Å²) in [5, 5.41) is 6.69. The monoisotopic (exact) mass is 351 g/mol. The van der Waals surface area contributed by atoms with Crippen molar-refractivity contribution in [1.29, 1.82) is 0 Å². The van der Waals surface area contributed by atoms with E-state index in [1.54, 1.807) is 6.20 Å². The molecular weight excluding hydrogens is 334 g/mol. The third kappa shape index (κ3) is 5.33. The number of benzene rings is 2. The van der Waals surface area contributed by atoms with E-state index in [0.29, 0.717) is 29.4 Å². The Kier molecular flexibility index (Phi) is 5.65. The lowest BCUT2D eigenvalue weighted by molar-refractivity contribution is -0.116. The van der Waals surface area contributed by atoms with E-state index in [1.807, 2.05) is 66.7 Å². The van der Waals surface area contributed by atoms with E-state index in [0.717, 1.165) is 11.3 Å². The summed E-state index contributed by atoms with van der Waals surface area (Å²) >= 11 is 5.96. The van der Waals surface area contributed by atoms with Gasteiger partial charge in [0.15, 0.2) is 0 Å². The van der Waals surface area contributed by atoms with Crippen molar-refractivity contribution in [3.8, 4) is 0 Å². The van der Waals surface area contributed by atoms with Crippen LogP contribution < -0.4 is 10.6 Å². The van der Waals surface area contributed by atoms with E-state index in [-0.39, 0.29) is 5.91 Å². The Balaban J connectivity index is 1.52. The predicted octanol–water partition coefficient (Wildman–Crippen LogP) is 5.05. The molecule has 0 aliphatic heterocycles. The van der Waals surface area contributed by atoms with Crippen LogP contribution in [-0.2, 0) is 11.2 Å². The van der Waals surface area contributed by atoms with Crippen LogP contribution in [0.25, 0.3) is 0 Å². The Morgan fingerprint density at radius 2 is 1.80 bits per heavy atom.